The zero-order valence-corrected chi connectivity index (χ0v) is 23.2. The molecule has 0 fully saturated rings. The number of nitrogens with zero attached hydrogens (tertiary/aromatic N) is 4. The van der Waals surface area contributed by atoms with Gasteiger partial charge in [-0.1, -0.05) is 67.8 Å². The van der Waals surface area contributed by atoms with E-state index in [1.165, 1.54) is 0 Å². The van der Waals surface area contributed by atoms with Crippen molar-refractivity contribution in [1.82, 2.24) is 18.7 Å². The normalized spacial score (nSPS) is 10.4. The van der Waals surface area contributed by atoms with Crippen LogP contribution in [0.3, 0.4) is 0 Å². The van der Waals surface area contributed by atoms with Crippen LogP contribution in [-0.2, 0) is 30.9 Å². The first kappa shape index (κ1) is 29.4. The molecule has 0 bridgehead atoms. The fourth-order valence-corrected chi connectivity index (χ4v) is 5.42. The predicted molar refractivity (Wildman–Crippen MR) is 128 cm³/mol. The molecule has 0 aliphatic carbocycles. The number of para-hydroxylation sites is 2. The van der Waals surface area contributed by atoms with E-state index in [1.807, 2.05) is 36.4 Å². The van der Waals surface area contributed by atoms with Gasteiger partial charge in [0.1, 0.15) is 9.28 Å². The smallest absolute Gasteiger partial charge is 1.00 e. The third-order valence-corrected chi connectivity index (χ3v) is 6.85. The summed E-state index contributed by atoms with van der Waals surface area (Å²) in [6, 6.07) is 20.5. The molecule has 0 amide bonds. The number of rotatable bonds is 4. The van der Waals surface area contributed by atoms with E-state index in [4.69, 9.17) is 24.4 Å². The molecule has 0 saturated carbocycles. The monoisotopic (exact) mass is 563 g/mol. The van der Waals surface area contributed by atoms with Gasteiger partial charge >= 0.3 is 16.8 Å². The van der Waals surface area contributed by atoms with Crippen LogP contribution in [0.15, 0.2) is 60.7 Å². The second-order valence-corrected chi connectivity index (χ2v) is 8.45. The standard InChI is InChI=1S/C24H26N4S2.2ClH.Co/c1-16(21-17(2)25(4)27(23(21)29)19-12-8-6-9-13-19)22-18(3)26(5)28(24(22)30)20-14-10-7-11-15-20;;;/h6-16H,1-5H3;2*1H;/q;;;+2/p-2. The molecule has 0 N–H and O–H groups in total. The van der Waals surface area contributed by atoms with Crippen molar-refractivity contribution in [3.8, 4) is 11.4 Å². The van der Waals surface area contributed by atoms with Gasteiger partial charge < -0.3 is 24.8 Å². The molecule has 1 radical (unpaired) electrons. The Morgan fingerprint density at radius 3 is 1.24 bits per heavy atom. The van der Waals surface area contributed by atoms with Crippen LogP contribution in [0.25, 0.3) is 11.4 Å². The van der Waals surface area contributed by atoms with Crippen LogP contribution in [0.5, 0.6) is 0 Å². The molecular formula is C24H26Cl2CoN4S2. The number of benzene rings is 2. The van der Waals surface area contributed by atoms with Crippen molar-refractivity contribution < 1.29 is 41.6 Å². The van der Waals surface area contributed by atoms with Crippen LogP contribution >= 0.6 is 24.4 Å². The van der Waals surface area contributed by atoms with Gasteiger partial charge in [0, 0.05) is 42.5 Å². The first-order valence-electron chi connectivity index (χ1n) is 10.0. The summed E-state index contributed by atoms with van der Waals surface area (Å²) in [5, 5.41) is 0. The summed E-state index contributed by atoms with van der Waals surface area (Å²) in [6.45, 7) is 6.47. The minimum atomic E-state index is 0. The van der Waals surface area contributed by atoms with E-state index in [9.17, 15) is 0 Å². The molecule has 0 unspecified atom stereocenters. The summed E-state index contributed by atoms with van der Waals surface area (Å²) in [5.41, 5.74) is 6.73. The van der Waals surface area contributed by atoms with Crippen LogP contribution < -0.4 is 24.8 Å². The Morgan fingerprint density at radius 2 is 0.939 bits per heavy atom. The van der Waals surface area contributed by atoms with Gasteiger partial charge in [-0.2, -0.15) is 0 Å². The fraction of sp³-hybridized carbons (Fsp3) is 0.250. The molecule has 2 aromatic carbocycles. The molecule has 2 heterocycles. The summed E-state index contributed by atoms with van der Waals surface area (Å²) in [5.74, 6) is 0.0809. The molecule has 0 spiro atoms. The molecule has 0 atom stereocenters. The molecule has 0 aliphatic heterocycles. The van der Waals surface area contributed by atoms with Crippen LogP contribution in [-0.4, -0.2) is 18.7 Å². The van der Waals surface area contributed by atoms with Gasteiger partial charge in [0.25, 0.3) is 0 Å². The van der Waals surface area contributed by atoms with Crippen molar-refractivity contribution in [3.63, 3.8) is 0 Å². The molecule has 0 aliphatic rings. The summed E-state index contributed by atoms with van der Waals surface area (Å²) in [6.07, 6.45) is 0. The van der Waals surface area contributed by atoms with E-state index in [-0.39, 0.29) is 47.5 Å². The summed E-state index contributed by atoms with van der Waals surface area (Å²) in [7, 11) is 4.12. The molecule has 4 rings (SSSR count). The largest absolute Gasteiger partial charge is 2.00 e. The van der Waals surface area contributed by atoms with Crippen molar-refractivity contribution in [1.29, 1.82) is 0 Å². The molecule has 0 saturated heterocycles. The maximum Gasteiger partial charge on any atom is 2.00 e. The van der Waals surface area contributed by atoms with Crippen molar-refractivity contribution in [2.75, 3.05) is 0 Å². The Bertz CT molecular complexity index is 1240. The summed E-state index contributed by atoms with van der Waals surface area (Å²) < 4.78 is 10.1. The topological polar surface area (TPSA) is 19.7 Å². The molecule has 4 nitrogen and oxygen atoms in total. The van der Waals surface area contributed by atoms with Gasteiger partial charge in [0.2, 0.25) is 0 Å². The van der Waals surface area contributed by atoms with Crippen LogP contribution in [0.1, 0.15) is 35.4 Å². The Kier molecular flexibility index (Phi) is 10.4. The van der Waals surface area contributed by atoms with Crippen molar-refractivity contribution in [2.24, 2.45) is 14.1 Å². The van der Waals surface area contributed by atoms with Crippen molar-refractivity contribution >= 4 is 24.4 Å². The van der Waals surface area contributed by atoms with E-state index >= 15 is 0 Å². The summed E-state index contributed by atoms with van der Waals surface area (Å²) >= 11 is 11.9. The van der Waals surface area contributed by atoms with E-state index in [0.717, 1.165) is 43.2 Å². The summed E-state index contributed by atoms with van der Waals surface area (Å²) in [4.78, 5) is 0. The van der Waals surface area contributed by atoms with Gasteiger partial charge in [-0.15, -0.1) is 0 Å². The third-order valence-electron chi connectivity index (χ3n) is 6.06. The molecule has 2 aromatic heterocycles. The Labute approximate surface area is 228 Å². The Balaban J connectivity index is 0.00000181. The van der Waals surface area contributed by atoms with Gasteiger partial charge in [0.15, 0.2) is 0 Å². The van der Waals surface area contributed by atoms with Crippen LogP contribution in [0, 0.1) is 23.1 Å². The average Bonchev–Trinajstić information content (AvgIpc) is 3.11. The van der Waals surface area contributed by atoms with Crippen LogP contribution in [0.4, 0.5) is 0 Å². The number of hydrogen-bond donors (Lipinski definition) is 0. The van der Waals surface area contributed by atoms with Gasteiger partial charge in [-0.05, 0) is 38.1 Å². The first-order chi connectivity index (χ1) is 14.3. The van der Waals surface area contributed by atoms with E-state index in [2.05, 4.69) is 77.9 Å². The zero-order valence-electron chi connectivity index (χ0n) is 19.0. The molecule has 9 heteroatoms. The molecule has 4 aromatic rings. The number of aromatic nitrogens is 4. The SMILES string of the molecule is Cc1c(C(C)c2c(C)n(C)n(-c3ccccc3)c2=S)c(=S)n(-c2ccccc2)n1C.[Cl-].[Cl-].[Co+2]. The molecular weight excluding hydrogens is 538 g/mol. The van der Waals surface area contributed by atoms with E-state index in [0.29, 0.717) is 0 Å². The molecule has 33 heavy (non-hydrogen) atoms. The number of halogens is 2. The van der Waals surface area contributed by atoms with Gasteiger partial charge in [0.05, 0.1) is 11.4 Å². The van der Waals surface area contributed by atoms with Crippen LogP contribution in [0.2, 0.25) is 0 Å². The van der Waals surface area contributed by atoms with Crippen molar-refractivity contribution in [2.45, 2.75) is 26.7 Å². The minimum absolute atomic E-state index is 0. The second-order valence-electron chi connectivity index (χ2n) is 7.67. The van der Waals surface area contributed by atoms with E-state index in [1.54, 1.807) is 0 Å². The number of hydrogen-bond acceptors (Lipinski definition) is 2. The molecule has 177 valence electrons. The maximum absolute atomic E-state index is 5.97. The third kappa shape index (κ3) is 4.94. The first-order valence-corrected chi connectivity index (χ1v) is 10.8. The predicted octanol–water partition coefficient (Wildman–Crippen LogP) is 0.178. The van der Waals surface area contributed by atoms with E-state index < -0.39 is 0 Å². The Hall–Kier alpha value is -1.61. The quantitative estimate of drug-likeness (QED) is 0.330. The van der Waals surface area contributed by atoms with Gasteiger partial charge in [-0.25, -0.2) is 9.36 Å². The average molecular weight is 564 g/mol. The maximum atomic E-state index is 5.97. The van der Waals surface area contributed by atoms with Crippen molar-refractivity contribution in [3.05, 3.63) is 92.5 Å². The fourth-order valence-electron chi connectivity index (χ4n) is 4.32. The minimum Gasteiger partial charge on any atom is -1.00 e. The Morgan fingerprint density at radius 1 is 0.636 bits per heavy atom. The second kappa shape index (κ2) is 11.7. The van der Waals surface area contributed by atoms with Gasteiger partial charge in [-0.3, -0.25) is 9.36 Å². The zero-order chi connectivity index (χ0) is 21.6.